The minimum absolute atomic E-state index is 0.606. The summed E-state index contributed by atoms with van der Waals surface area (Å²) in [5, 5.41) is 3.99. The largest absolute Gasteiger partial charge is 0.348 e. The summed E-state index contributed by atoms with van der Waals surface area (Å²) < 4.78 is 0. The number of rotatable bonds is 4. The van der Waals surface area contributed by atoms with Gasteiger partial charge in [-0.1, -0.05) is 48.0 Å². The van der Waals surface area contributed by atoms with Crippen LogP contribution < -0.4 is 5.32 Å². The van der Waals surface area contributed by atoms with E-state index in [2.05, 4.69) is 60.2 Å². The van der Waals surface area contributed by atoms with Crippen LogP contribution in [0.25, 0.3) is 0 Å². The topological polar surface area (TPSA) is 27.6 Å². The first-order chi connectivity index (χ1) is 11.1. The highest BCUT2D eigenvalue weighted by Crippen LogP contribution is 2.11. The number of benzene rings is 2. The maximum atomic E-state index is 5.49. The van der Waals surface area contributed by atoms with Crippen LogP contribution in [-0.4, -0.2) is 28.9 Å². The van der Waals surface area contributed by atoms with Crippen molar-refractivity contribution in [2.75, 3.05) is 18.4 Å². The molecular formula is C19H23N3S. The lowest BCUT2D eigenvalue weighted by atomic mass is 10.1. The fourth-order valence-corrected chi connectivity index (χ4v) is 2.54. The molecule has 2 aromatic rings. The molecule has 0 amide bonds. The van der Waals surface area contributed by atoms with Gasteiger partial charge in [0.2, 0.25) is 0 Å². The van der Waals surface area contributed by atoms with Crippen molar-refractivity contribution in [2.24, 2.45) is 4.99 Å². The highest BCUT2D eigenvalue weighted by Gasteiger charge is 2.09. The van der Waals surface area contributed by atoms with Crippen molar-refractivity contribution in [1.82, 2.24) is 4.90 Å². The predicted molar refractivity (Wildman–Crippen MR) is 103 cm³/mol. The van der Waals surface area contributed by atoms with Gasteiger partial charge in [0, 0.05) is 24.3 Å². The monoisotopic (exact) mass is 325 g/mol. The number of hydrogen-bond donors (Lipinski definition) is 1. The Morgan fingerprint density at radius 3 is 2.17 bits per heavy atom. The number of thiocarbonyl (C=S) groups is 1. The van der Waals surface area contributed by atoms with E-state index in [0.29, 0.717) is 5.11 Å². The van der Waals surface area contributed by atoms with E-state index in [9.17, 15) is 0 Å². The van der Waals surface area contributed by atoms with Crippen molar-refractivity contribution < 1.29 is 0 Å². The molecule has 3 nitrogen and oxygen atoms in total. The molecule has 23 heavy (non-hydrogen) atoms. The van der Waals surface area contributed by atoms with Crippen LogP contribution >= 0.6 is 12.2 Å². The molecule has 2 rings (SSSR count). The number of aliphatic imine (C=N–C) groups is 1. The van der Waals surface area contributed by atoms with Gasteiger partial charge in [-0.05, 0) is 45.1 Å². The van der Waals surface area contributed by atoms with Crippen LogP contribution in [0.15, 0.2) is 59.6 Å². The first-order valence-corrected chi connectivity index (χ1v) is 8.31. The SMILES string of the molecule is CCN(CC)C(=S)N=C(Nc1ccccc1)c1ccc(C)cc1. The second-order valence-corrected chi connectivity index (χ2v) is 5.64. The fourth-order valence-electron chi connectivity index (χ4n) is 2.19. The van der Waals surface area contributed by atoms with Crippen molar-refractivity contribution in [2.45, 2.75) is 20.8 Å². The van der Waals surface area contributed by atoms with E-state index in [0.717, 1.165) is 30.2 Å². The second kappa shape index (κ2) is 8.44. The van der Waals surface area contributed by atoms with Crippen LogP contribution in [0.1, 0.15) is 25.0 Å². The molecule has 0 aromatic heterocycles. The smallest absolute Gasteiger partial charge is 0.197 e. The van der Waals surface area contributed by atoms with E-state index in [1.165, 1.54) is 5.56 Å². The molecule has 0 aliphatic rings. The Morgan fingerprint density at radius 1 is 1.00 bits per heavy atom. The summed E-state index contributed by atoms with van der Waals surface area (Å²) in [5.74, 6) is 0.771. The lowest BCUT2D eigenvalue weighted by Gasteiger charge is -2.20. The van der Waals surface area contributed by atoms with Crippen molar-refractivity contribution in [1.29, 1.82) is 0 Å². The van der Waals surface area contributed by atoms with Gasteiger partial charge in [-0.2, -0.15) is 0 Å². The molecule has 0 atom stereocenters. The molecule has 4 heteroatoms. The van der Waals surface area contributed by atoms with Gasteiger partial charge >= 0.3 is 0 Å². The normalized spacial score (nSPS) is 11.2. The van der Waals surface area contributed by atoms with E-state index < -0.39 is 0 Å². The lowest BCUT2D eigenvalue weighted by molar-refractivity contribution is 0.469. The quantitative estimate of drug-likeness (QED) is 0.510. The molecule has 1 N–H and O–H groups in total. The summed E-state index contributed by atoms with van der Waals surface area (Å²) in [6, 6.07) is 18.3. The molecule has 0 saturated heterocycles. The van der Waals surface area contributed by atoms with Crippen molar-refractivity contribution >= 4 is 28.9 Å². The summed E-state index contributed by atoms with van der Waals surface area (Å²) >= 11 is 5.49. The van der Waals surface area contributed by atoms with Gasteiger partial charge in [-0.3, -0.25) is 0 Å². The first-order valence-electron chi connectivity index (χ1n) is 7.90. The number of nitrogens with one attached hydrogen (secondary N) is 1. The van der Waals surface area contributed by atoms with Gasteiger partial charge in [0.25, 0.3) is 0 Å². The van der Waals surface area contributed by atoms with Crippen molar-refractivity contribution in [3.63, 3.8) is 0 Å². The number of aryl methyl sites for hydroxylation is 1. The Kier molecular flexibility index (Phi) is 6.29. The predicted octanol–water partition coefficient (Wildman–Crippen LogP) is 4.48. The number of anilines is 1. The second-order valence-electron chi connectivity index (χ2n) is 5.27. The zero-order chi connectivity index (χ0) is 16.7. The van der Waals surface area contributed by atoms with Gasteiger partial charge < -0.3 is 10.2 Å². The van der Waals surface area contributed by atoms with Crippen LogP contribution in [0, 0.1) is 6.92 Å². The zero-order valence-corrected chi connectivity index (χ0v) is 14.7. The summed E-state index contributed by atoms with van der Waals surface area (Å²) in [7, 11) is 0. The average molecular weight is 325 g/mol. The Morgan fingerprint density at radius 2 is 1.61 bits per heavy atom. The van der Waals surface area contributed by atoms with Crippen LogP contribution in [-0.2, 0) is 0 Å². The molecule has 0 bridgehead atoms. The van der Waals surface area contributed by atoms with E-state index in [-0.39, 0.29) is 0 Å². The highest BCUT2D eigenvalue weighted by atomic mass is 32.1. The zero-order valence-electron chi connectivity index (χ0n) is 13.9. The minimum atomic E-state index is 0.606. The molecule has 120 valence electrons. The molecule has 0 radical (unpaired) electrons. The molecule has 0 aliphatic carbocycles. The van der Waals surface area contributed by atoms with Gasteiger partial charge in [0.1, 0.15) is 5.84 Å². The number of para-hydroxylation sites is 1. The van der Waals surface area contributed by atoms with E-state index >= 15 is 0 Å². The third-order valence-corrected chi connectivity index (χ3v) is 3.95. The number of nitrogens with zero attached hydrogens (tertiary/aromatic N) is 2. The Bertz CT molecular complexity index is 659. The van der Waals surface area contributed by atoms with Crippen molar-refractivity contribution in [3.05, 3.63) is 65.7 Å². The van der Waals surface area contributed by atoms with E-state index in [1.54, 1.807) is 0 Å². The molecule has 2 aromatic carbocycles. The maximum absolute atomic E-state index is 5.49. The molecule has 0 saturated carbocycles. The Hall–Kier alpha value is -2.20. The van der Waals surface area contributed by atoms with E-state index in [4.69, 9.17) is 12.2 Å². The summed E-state index contributed by atoms with van der Waals surface area (Å²) in [6.45, 7) is 7.95. The molecule has 0 heterocycles. The van der Waals surface area contributed by atoms with Gasteiger partial charge in [-0.15, -0.1) is 0 Å². The summed E-state index contributed by atoms with van der Waals surface area (Å²) in [4.78, 5) is 6.74. The van der Waals surface area contributed by atoms with Gasteiger partial charge in [-0.25, -0.2) is 4.99 Å². The molecule has 0 fully saturated rings. The standard InChI is InChI=1S/C19H23N3S/c1-4-22(5-2)19(23)21-18(16-13-11-15(3)12-14-16)20-17-9-7-6-8-10-17/h6-14H,4-5H2,1-3H3,(H,20,21,23). The minimum Gasteiger partial charge on any atom is -0.348 e. The first kappa shape index (κ1) is 17.2. The molecular weight excluding hydrogens is 302 g/mol. The molecule has 0 aliphatic heterocycles. The third kappa shape index (κ3) is 4.89. The summed E-state index contributed by atoms with van der Waals surface area (Å²) in [6.07, 6.45) is 0. The van der Waals surface area contributed by atoms with Crippen molar-refractivity contribution in [3.8, 4) is 0 Å². The highest BCUT2D eigenvalue weighted by molar-refractivity contribution is 7.80. The average Bonchev–Trinajstić information content (AvgIpc) is 2.57. The lowest BCUT2D eigenvalue weighted by Crippen LogP contribution is -2.29. The van der Waals surface area contributed by atoms with Gasteiger partial charge in [0.15, 0.2) is 5.11 Å². The van der Waals surface area contributed by atoms with Crippen LogP contribution in [0.2, 0.25) is 0 Å². The fraction of sp³-hybridized carbons (Fsp3) is 0.263. The Balaban J connectivity index is 2.34. The maximum Gasteiger partial charge on any atom is 0.197 e. The van der Waals surface area contributed by atoms with Crippen LogP contribution in [0.5, 0.6) is 0 Å². The molecule has 0 spiro atoms. The van der Waals surface area contributed by atoms with E-state index in [1.807, 2.05) is 30.3 Å². The number of hydrogen-bond acceptors (Lipinski definition) is 1. The molecule has 0 unspecified atom stereocenters. The number of amidine groups is 1. The third-order valence-electron chi connectivity index (χ3n) is 3.60. The van der Waals surface area contributed by atoms with Gasteiger partial charge in [0.05, 0.1) is 0 Å². The van der Waals surface area contributed by atoms with Crippen LogP contribution in [0.4, 0.5) is 5.69 Å². The summed E-state index contributed by atoms with van der Waals surface area (Å²) in [5.41, 5.74) is 3.24. The van der Waals surface area contributed by atoms with Crippen LogP contribution in [0.3, 0.4) is 0 Å². The Labute approximate surface area is 144 Å².